The third-order valence-electron chi connectivity index (χ3n) is 4.28. The first-order chi connectivity index (χ1) is 15.0. The van der Waals surface area contributed by atoms with Crippen LogP contribution in [0.3, 0.4) is 0 Å². The van der Waals surface area contributed by atoms with Crippen molar-refractivity contribution in [2.24, 2.45) is 0 Å². The molecule has 2 atom stereocenters. The summed E-state index contributed by atoms with van der Waals surface area (Å²) in [7, 11) is 1.08. The Morgan fingerprint density at radius 2 is 1.48 bits per heavy atom. The lowest BCUT2D eigenvalue weighted by Gasteiger charge is -2.14. The quantitative estimate of drug-likeness (QED) is 0.547. The molecule has 1 heterocycles. The number of hydrogen-bond acceptors (Lipinski definition) is 8. The molecule has 0 aliphatic carbocycles. The van der Waals surface area contributed by atoms with Crippen molar-refractivity contribution in [3.8, 4) is 0 Å². The molecule has 1 N–H and O–H groups in total. The lowest BCUT2D eigenvalue weighted by atomic mass is 10.1. The first-order valence-electron chi connectivity index (χ1n) is 9.26. The van der Waals surface area contributed by atoms with E-state index < -0.39 is 36.2 Å². The number of benzene rings is 2. The minimum Gasteiger partial charge on any atom is -0.467 e. The van der Waals surface area contributed by atoms with Crippen molar-refractivity contribution in [2.75, 3.05) is 7.11 Å². The van der Waals surface area contributed by atoms with Gasteiger partial charge in [0.2, 0.25) is 6.10 Å². The molecule has 0 bridgehead atoms. The van der Waals surface area contributed by atoms with Crippen molar-refractivity contribution in [3.63, 3.8) is 0 Å². The molecule has 2 aromatic carbocycles. The molecule has 31 heavy (non-hydrogen) atoms. The molecular weight excluding hydrogens is 408 g/mol. The van der Waals surface area contributed by atoms with Crippen molar-refractivity contribution >= 4 is 24.1 Å². The van der Waals surface area contributed by atoms with Gasteiger partial charge in [-0.1, -0.05) is 60.7 Å². The van der Waals surface area contributed by atoms with Crippen molar-refractivity contribution in [1.29, 1.82) is 0 Å². The Balaban J connectivity index is 1.62. The summed E-state index contributed by atoms with van der Waals surface area (Å²) in [5.41, 5.74) is 1.41. The van der Waals surface area contributed by atoms with Crippen LogP contribution in [0.15, 0.2) is 60.7 Å². The molecule has 2 aromatic rings. The summed E-state index contributed by atoms with van der Waals surface area (Å²) in [6.45, 7) is -0.174. The van der Waals surface area contributed by atoms with E-state index in [0.717, 1.165) is 12.7 Å². The molecule has 0 aromatic heterocycles. The molecule has 0 spiro atoms. The molecule has 10 heteroatoms. The van der Waals surface area contributed by atoms with Gasteiger partial charge >= 0.3 is 18.2 Å². The van der Waals surface area contributed by atoms with E-state index in [1.54, 1.807) is 54.6 Å². The Bertz CT molecular complexity index is 935. The van der Waals surface area contributed by atoms with Crippen LogP contribution in [-0.2, 0) is 41.9 Å². The van der Waals surface area contributed by atoms with Crippen molar-refractivity contribution in [3.05, 3.63) is 71.8 Å². The zero-order chi connectivity index (χ0) is 22.2. The summed E-state index contributed by atoms with van der Waals surface area (Å²) in [6.07, 6.45) is -3.69. The fourth-order valence-electron chi connectivity index (χ4n) is 2.72. The first-order valence-corrected chi connectivity index (χ1v) is 9.26. The Morgan fingerprint density at radius 3 is 2.03 bits per heavy atom. The monoisotopic (exact) mass is 428 g/mol. The number of imide groups is 1. The number of hydrogen-bond donors (Lipinski definition) is 1. The van der Waals surface area contributed by atoms with Crippen molar-refractivity contribution < 1.29 is 38.2 Å². The topological polar surface area (TPSA) is 120 Å². The number of methoxy groups -OCH3 is 1. The fourth-order valence-corrected chi connectivity index (χ4v) is 2.72. The van der Waals surface area contributed by atoms with Gasteiger partial charge in [-0.3, -0.25) is 4.79 Å². The molecule has 162 valence electrons. The second-order valence-corrected chi connectivity index (χ2v) is 6.41. The van der Waals surface area contributed by atoms with Gasteiger partial charge in [0, 0.05) is 0 Å². The smallest absolute Gasteiger partial charge is 0.441 e. The van der Waals surface area contributed by atoms with E-state index >= 15 is 0 Å². The summed E-state index contributed by atoms with van der Waals surface area (Å²) < 4.78 is 14.7. The maximum Gasteiger partial charge on any atom is 0.441 e. The zero-order valence-corrected chi connectivity index (χ0v) is 16.6. The number of nitrogens with one attached hydrogen (secondary N) is 1. The van der Waals surface area contributed by atoms with Crippen LogP contribution >= 0.6 is 0 Å². The minimum absolute atomic E-state index is 0.0554. The van der Waals surface area contributed by atoms with E-state index in [2.05, 4.69) is 10.1 Å². The molecule has 0 saturated carbocycles. The van der Waals surface area contributed by atoms with Gasteiger partial charge in [0.05, 0.1) is 7.11 Å². The number of ether oxygens (including phenoxy) is 3. The highest BCUT2D eigenvalue weighted by Crippen LogP contribution is 2.19. The van der Waals surface area contributed by atoms with Gasteiger partial charge in [0.15, 0.2) is 6.04 Å². The second-order valence-electron chi connectivity index (χ2n) is 6.41. The molecule has 0 radical (unpaired) electrons. The number of esters is 1. The Morgan fingerprint density at radius 1 is 0.935 bits per heavy atom. The number of carbonyl (C=O) groups is 4. The first kappa shape index (κ1) is 21.8. The maximum absolute atomic E-state index is 12.6. The largest absolute Gasteiger partial charge is 0.467 e. The van der Waals surface area contributed by atoms with Crippen LogP contribution in [0, 0.1) is 0 Å². The molecule has 3 rings (SSSR count). The molecule has 0 unspecified atom stereocenters. The Hall–Kier alpha value is -3.92. The highest BCUT2D eigenvalue weighted by Gasteiger charge is 2.51. The van der Waals surface area contributed by atoms with Crippen LogP contribution in [0.4, 0.5) is 9.59 Å². The second kappa shape index (κ2) is 10.2. The van der Waals surface area contributed by atoms with Crippen LogP contribution in [0.2, 0.25) is 0 Å². The molecule has 1 aliphatic heterocycles. The van der Waals surface area contributed by atoms with Crippen LogP contribution in [0.5, 0.6) is 0 Å². The average molecular weight is 428 g/mol. The molecule has 1 fully saturated rings. The zero-order valence-electron chi connectivity index (χ0n) is 16.6. The number of carbonyl (C=O) groups excluding carboxylic acids is 4. The Kier molecular flexibility index (Phi) is 7.17. The van der Waals surface area contributed by atoms with Gasteiger partial charge in [-0.15, -0.1) is 5.06 Å². The van der Waals surface area contributed by atoms with Gasteiger partial charge in [-0.25, -0.2) is 19.2 Å². The van der Waals surface area contributed by atoms with E-state index in [4.69, 9.17) is 14.3 Å². The number of hydroxylamine groups is 2. The predicted molar refractivity (Wildman–Crippen MR) is 104 cm³/mol. The van der Waals surface area contributed by atoms with Gasteiger partial charge < -0.3 is 19.5 Å². The molecule has 3 amide bonds. The number of amides is 3. The maximum atomic E-state index is 12.6. The van der Waals surface area contributed by atoms with E-state index in [1.807, 2.05) is 6.07 Å². The highest BCUT2D eigenvalue weighted by molar-refractivity contribution is 6.00. The van der Waals surface area contributed by atoms with Crippen molar-refractivity contribution in [2.45, 2.75) is 25.4 Å². The molecular formula is C21H20N2O8. The van der Waals surface area contributed by atoms with Crippen LogP contribution < -0.4 is 5.32 Å². The summed E-state index contributed by atoms with van der Waals surface area (Å²) in [5, 5.41) is 2.52. The van der Waals surface area contributed by atoms with Crippen molar-refractivity contribution in [1.82, 2.24) is 10.4 Å². The van der Waals surface area contributed by atoms with Gasteiger partial charge in [-0.05, 0) is 11.1 Å². The van der Waals surface area contributed by atoms with Gasteiger partial charge in [0.25, 0.3) is 5.91 Å². The summed E-state index contributed by atoms with van der Waals surface area (Å²) in [5.74, 6) is -1.95. The normalized spacial score (nSPS) is 17.7. The van der Waals surface area contributed by atoms with E-state index in [1.165, 1.54) is 0 Å². The van der Waals surface area contributed by atoms with Crippen LogP contribution in [0.25, 0.3) is 0 Å². The van der Waals surface area contributed by atoms with E-state index in [0.29, 0.717) is 5.56 Å². The van der Waals surface area contributed by atoms with Crippen LogP contribution in [-0.4, -0.2) is 48.4 Å². The highest BCUT2D eigenvalue weighted by atomic mass is 16.8. The number of nitrogens with zero attached hydrogens (tertiary/aromatic N) is 1. The van der Waals surface area contributed by atoms with Gasteiger partial charge in [0.1, 0.15) is 13.2 Å². The summed E-state index contributed by atoms with van der Waals surface area (Å²) in [6, 6.07) is 16.1. The lowest BCUT2D eigenvalue weighted by Crippen LogP contribution is -2.49. The molecule has 10 nitrogen and oxygen atoms in total. The third-order valence-corrected chi connectivity index (χ3v) is 4.28. The third kappa shape index (κ3) is 5.58. The van der Waals surface area contributed by atoms with E-state index in [9.17, 15) is 19.2 Å². The number of alkyl carbamates (subject to hydrolysis) is 1. The lowest BCUT2D eigenvalue weighted by molar-refractivity contribution is -0.177. The summed E-state index contributed by atoms with van der Waals surface area (Å²) in [4.78, 5) is 54.2. The molecule has 1 aliphatic rings. The van der Waals surface area contributed by atoms with Crippen LogP contribution in [0.1, 0.15) is 11.1 Å². The van der Waals surface area contributed by atoms with Gasteiger partial charge in [-0.2, -0.15) is 0 Å². The molecule has 1 saturated heterocycles. The van der Waals surface area contributed by atoms with E-state index in [-0.39, 0.29) is 18.3 Å². The minimum atomic E-state index is -1.58. The summed E-state index contributed by atoms with van der Waals surface area (Å²) >= 11 is 0. The fraction of sp³-hybridized carbons (Fsp3) is 0.238. The SMILES string of the molecule is COC(=O)[C@@H]1ON(C(=O)OCc2ccccc2)C(=O)[C@H]1NC(=O)OCc1ccccc1. The number of rotatable bonds is 6. The Labute approximate surface area is 177 Å². The standard InChI is InChI=1S/C21H20N2O8/c1-28-19(25)17-16(22-20(26)29-12-14-8-4-2-5-9-14)18(24)23(31-17)21(27)30-13-15-10-6-3-7-11-15/h2-11,16-17H,12-13H2,1H3,(H,22,26)/t16-,17+/m0/s1. The average Bonchev–Trinajstić information content (AvgIpc) is 3.13. The predicted octanol–water partition coefficient (Wildman–Crippen LogP) is 1.93.